The lowest BCUT2D eigenvalue weighted by Crippen LogP contribution is -2.43. The summed E-state index contributed by atoms with van der Waals surface area (Å²) in [6.07, 6.45) is 7.93. The number of hydrogen-bond donors (Lipinski definition) is 1. The van der Waals surface area contributed by atoms with Gasteiger partial charge in [-0.15, -0.1) is 0 Å². The zero-order valence-electron chi connectivity index (χ0n) is 13.0. The molecule has 3 rings (SSSR count). The Morgan fingerprint density at radius 1 is 1.24 bits per heavy atom. The van der Waals surface area contributed by atoms with Crippen LogP contribution in [0.5, 0.6) is 0 Å². The summed E-state index contributed by atoms with van der Waals surface area (Å²) >= 11 is 0. The topological polar surface area (TPSA) is 15.3 Å². The zero-order valence-corrected chi connectivity index (χ0v) is 13.0. The lowest BCUT2D eigenvalue weighted by Gasteiger charge is -2.38. The first-order valence-electron chi connectivity index (χ1n) is 8.45. The van der Waals surface area contributed by atoms with Gasteiger partial charge in [0.2, 0.25) is 0 Å². The van der Waals surface area contributed by atoms with E-state index in [1.807, 2.05) is 19.2 Å². The molecule has 1 aromatic rings. The van der Waals surface area contributed by atoms with E-state index < -0.39 is 0 Å². The Kier molecular flexibility index (Phi) is 4.91. The largest absolute Gasteiger partial charge is 0.313 e. The minimum atomic E-state index is -0.0887. The number of piperidine rings is 1. The smallest absolute Gasteiger partial charge is 0.127 e. The highest BCUT2D eigenvalue weighted by atomic mass is 19.1. The van der Waals surface area contributed by atoms with E-state index in [2.05, 4.69) is 10.2 Å². The highest BCUT2D eigenvalue weighted by molar-refractivity contribution is 5.21. The summed E-state index contributed by atoms with van der Waals surface area (Å²) in [6, 6.07) is 8.08. The molecule has 0 bridgehead atoms. The van der Waals surface area contributed by atoms with Crippen LogP contribution in [-0.4, -0.2) is 31.1 Å². The van der Waals surface area contributed by atoms with E-state index in [-0.39, 0.29) is 11.9 Å². The molecule has 21 heavy (non-hydrogen) atoms. The molecule has 0 spiro atoms. The van der Waals surface area contributed by atoms with E-state index in [1.165, 1.54) is 38.6 Å². The molecule has 3 heteroatoms. The standard InChI is InChI=1S/C18H27FN2/c1-20-17(15-8-2-3-9-16(15)19)11-13-21-12-5-7-14-6-4-10-18(14)21/h2-3,8-9,14,17-18,20H,4-7,10-13H2,1H3. The maximum absolute atomic E-state index is 14.0. The number of hydrogen-bond acceptors (Lipinski definition) is 2. The first kappa shape index (κ1) is 15.0. The minimum absolute atomic E-state index is 0.0887. The van der Waals surface area contributed by atoms with Crippen LogP contribution in [0.3, 0.4) is 0 Å². The normalized spacial score (nSPS) is 27.5. The molecule has 2 aliphatic rings. The highest BCUT2D eigenvalue weighted by Gasteiger charge is 2.34. The van der Waals surface area contributed by atoms with Crippen LogP contribution in [-0.2, 0) is 0 Å². The molecule has 1 saturated heterocycles. The van der Waals surface area contributed by atoms with E-state index in [4.69, 9.17) is 0 Å². The number of nitrogens with one attached hydrogen (secondary N) is 1. The molecule has 116 valence electrons. The molecule has 2 fully saturated rings. The molecule has 2 nitrogen and oxygen atoms in total. The van der Waals surface area contributed by atoms with E-state index in [0.29, 0.717) is 0 Å². The lowest BCUT2D eigenvalue weighted by atomic mass is 9.91. The summed E-state index contributed by atoms with van der Waals surface area (Å²) in [7, 11) is 1.94. The average Bonchev–Trinajstić information content (AvgIpc) is 2.98. The van der Waals surface area contributed by atoms with Gasteiger partial charge in [-0.3, -0.25) is 0 Å². The molecule has 0 aromatic heterocycles. The molecule has 1 saturated carbocycles. The second kappa shape index (κ2) is 6.89. The first-order chi connectivity index (χ1) is 10.3. The van der Waals surface area contributed by atoms with Gasteiger partial charge in [-0.25, -0.2) is 4.39 Å². The summed E-state index contributed by atoms with van der Waals surface area (Å²) in [4.78, 5) is 2.67. The van der Waals surface area contributed by atoms with E-state index in [0.717, 1.165) is 30.5 Å². The van der Waals surface area contributed by atoms with Crippen molar-refractivity contribution in [1.82, 2.24) is 10.2 Å². The van der Waals surface area contributed by atoms with Crippen LogP contribution in [0.1, 0.15) is 50.1 Å². The van der Waals surface area contributed by atoms with Crippen molar-refractivity contribution in [2.75, 3.05) is 20.1 Å². The van der Waals surface area contributed by atoms with Crippen molar-refractivity contribution in [3.63, 3.8) is 0 Å². The summed E-state index contributed by atoms with van der Waals surface area (Å²) in [5.74, 6) is 0.842. The van der Waals surface area contributed by atoms with Crippen LogP contribution < -0.4 is 5.32 Å². The fourth-order valence-electron chi connectivity index (χ4n) is 4.34. The molecule has 1 aliphatic carbocycles. The van der Waals surface area contributed by atoms with Crippen molar-refractivity contribution in [1.29, 1.82) is 0 Å². The Hall–Kier alpha value is -0.930. The molecule has 0 amide bonds. The number of halogens is 1. The van der Waals surface area contributed by atoms with Crippen LogP contribution in [0, 0.1) is 11.7 Å². The summed E-state index contributed by atoms with van der Waals surface area (Å²) in [5.41, 5.74) is 0.806. The van der Waals surface area contributed by atoms with Gasteiger partial charge in [-0.05, 0) is 57.7 Å². The number of rotatable bonds is 5. The predicted molar refractivity (Wildman–Crippen MR) is 84.8 cm³/mol. The Bertz CT molecular complexity index is 462. The molecule has 1 N–H and O–H groups in total. The van der Waals surface area contributed by atoms with Crippen LogP contribution in [0.2, 0.25) is 0 Å². The Balaban J connectivity index is 1.61. The van der Waals surface area contributed by atoms with Crippen molar-refractivity contribution in [2.45, 2.75) is 50.6 Å². The van der Waals surface area contributed by atoms with Gasteiger partial charge in [0.15, 0.2) is 0 Å². The molecule has 3 unspecified atom stereocenters. The fourth-order valence-corrected chi connectivity index (χ4v) is 4.34. The van der Waals surface area contributed by atoms with Crippen LogP contribution >= 0.6 is 0 Å². The Morgan fingerprint density at radius 2 is 2.05 bits per heavy atom. The maximum Gasteiger partial charge on any atom is 0.127 e. The average molecular weight is 290 g/mol. The Labute approximate surface area is 127 Å². The van der Waals surface area contributed by atoms with Gasteiger partial charge in [0.05, 0.1) is 0 Å². The highest BCUT2D eigenvalue weighted by Crippen LogP contribution is 2.37. The van der Waals surface area contributed by atoms with Crippen molar-refractivity contribution in [2.24, 2.45) is 5.92 Å². The monoisotopic (exact) mass is 290 g/mol. The van der Waals surface area contributed by atoms with E-state index in [1.54, 1.807) is 12.1 Å². The minimum Gasteiger partial charge on any atom is -0.313 e. The molecule has 3 atom stereocenters. The molecular formula is C18H27FN2. The lowest BCUT2D eigenvalue weighted by molar-refractivity contribution is 0.108. The molecule has 1 heterocycles. The second-order valence-electron chi connectivity index (χ2n) is 6.59. The van der Waals surface area contributed by atoms with Crippen molar-refractivity contribution >= 4 is 0 Å². The van der Waals surface area contributed by atoms with Crippen LogP contribution in [0.15, 0.2) is 24.3 Å². The number of benzene rings is 1. The quantitative estimate of drug-likeness (QED) is 0.888. The molecule has 1 aliphatic heterocycles. The molecule has 1 aromatic carbocycles. The van der Waals surface area contributed by atoms with Crippen molar-refractivity contribution < 1.29 is 4.39 Å². The van der Waals surface area contributed by atoms with Gasteiger partial charge in [0.1, 0.15) is 5.82 Å². The first-order valence-corrected chi connectivity index (χ1v) is 8.45. The van der Waals surface area contributed by atoms with Gasteiger partial charge in [0.25, 0.3) is 0 Å². The summed E-state index contributed by atoms with van der Waals surface area (Å²) in [6.45, 7) is 2.32. The third kappa shape index (κ3) is 3.29. The number of nitrogens with zero attached hydrogens (tertiary/aromatic N) is 1. The van der Waals surface area contributed by atoms with Gasteiger partial charge in [0, 0.05) is 24.2 Å². The van der Waals surface area contributed by atoms with Gasteiger partial charge in [-0.1, -0.05) is 24.6 Å². The van der Waals surface area contributed by atoms with Gasteiger partial charge < -0.3 is 10.2 Å². The second-order valence-corrected chi connectivity index (χ2v) is 6.59. The van der Waals surface area contributed by atoms with Crippen LogP contribution in [0.25, 0.3) is 0 Å². The van der Waals surface area contributed by atoms with Crippen molar-refractivity contribution in [3.8, 4) is 0 Å². The molecular weight excluding hydrogens is 263 g/mol. The molecule has 0 radical (unpaired) electrons. The van der Waals surface area contributed by atoms with Crippen LogP contribution in [0.4, 0.5) is 4.39 Å². The zero-order chi connectivity index (χ0) is 14.7. The summed E-state index contributed by atoms with van der Waals surface area (Å²) in [5, 5.41) is 3.29. The maximum atomic E-state index is 14.0. The Morgan fingerprint density at radius 3 is 2.86 bits per heavy atom. The number of fused-ring (bicyclic) bond motifs is 1. The SMILES string of the molecule is CNC(CCN1CCCC2CCCC21)c1ccccc1F. The number of likely N-dealkylation sites (tertiary alicyclic amines) is 1. The van der Waals surface area contributed by atoms with E-state index in [9.17, 15) is 4.39 Å². The fraction of sp³-hybridized carbons (Fsp3) is 0.667. The predicted octanol–water partition coefficient (Wildman–Crippen LogP) is 3.74. The summed E-state index contributed by atoms with van der Waals surface area (Å²) < 4.78 is 14.0. The van der Waals surface area contributed by atoms with Gasteiger partial charge in [-0.2, -0.15) is 0 Å². The van der Waals surface area contributed by atoms with Gasteiger partial charge >= 0.3 is 0 Å². The third-order valence-corrected chi connectivity index (χ3v) is 5.44. The third-order valence-electron chi connectivity index (χ3n) is 5.44. The van der Waals surface area contributed by atoms with E-state index >= 15 is 0 Å². The van der Waals surface area contributed by atoms with Crippen molar-refractivity contribution in [3.05, 3.63) is 35.6 Å².